The maximum Gasteiger partial charge on any atom is 0.313 e. The number of hydrogen-bond acceptors (Lipinski definition) is 5. The molecular formula is C12H14FNO4. The predicted molar refractivity (Wildman–Crippen MR) is 62.9 cm³/mol. The first-order chi connectivity index (χ1) is 8.49. The Labute approximate surface area is 104 Å². The van der Waals surface area contributed by atoms with Gasteiger partial charge in [-0.1, -0.05) is 0 Å². The highest BCUT2D eigenvalue weighted by molar-refractivity contribution is 6.07. The molecule has 1 rings (SSSR count). The van der Waals surface area contributed by atoms with Crippen molar-refractivity contribution in [2.24, 2.45) is 0 Å². The minimum Gasteiger partial charge on any atom is -0.496 e. The van der Waals surface area contributed by atoms with E-state index >= 15 is 0 Å². The molecule has 98 valence electrons. The van der Waals surface area contributed by atoms with Gasteiger partial charge in [0.2, 0.25) is 0 Å². The van der Waals surface area contributed by atoms with Crippen LogP contribution in [0.5, 0.6) is 5.75 Å². The minimum atomic E-state index is -0.733. The molecule has 0 atom stereocenters. The molecule has 0 saturated heterocycles. The summed E-state index contributed by atoms with van der Waals surface area (Å²) in [5, 5.41) is 0. The SMILES string of the molecule is CCOC(=O)CC(=O)c1cc(F)c(N)cc1OC. The lowest BCUT2D eigenvalue weighted by Crippen LogP contribution is -2.13. The summed E-state index contributed by atoms with van der Waals surface area (Å²) < 4.78 is 22.9. The second-order valence-corrected chi connectivity index (χ2v) is 3.48. The third-order valence-corrected chi connectivity index (χ3v) is 2.23. The summed E-state index contributed by atoms with van der Waals surface area (Å²) in [6.07, 6.45) is -0.465. The van der Waals surface area contributed by atoms with Crippen molar-refractivity contribution in [2.75, 3.05) is 19.5 Å². The zero-order chi connectivity index (χ0) is 13.7. The quantitative estimate of drug-likeness (QED) is 0.374. The number of nitrogens with two attached hydrogens (primary N) is 1. The van der Waals surface area contributed by atoms with Crippen LogP contribution >= 0.6 is 0 Å². The van der Waals surface area contributed by atoms with E-state index in [-0.39, 0.29) is 23.6 Å². The number of nitrogen functional groups attached to an aromatic ring is 1. The van der Waals surface area contributed by atoms with Gasteiger partial charge in [-0.25, -0.2) is 4.39 Å². The minimum absolute atomic E-state index is 0.0303. The van der Waals surface area contributed by atoms with Crippen molar-refractivity contribution in [1.29, 1.82) is 0 Å². The van der Waals surface area contributed by atoms with Crippen LogP contribution in [-0.2, 0) is 9.53 Å². The van der Waals surface area contributed by atoms with Gasteiger partial charge in [0.15, 0.2) is 5.78 Å². The third kappa shape index (κ3) is 3.19. The lowest BCUT2D eigenvalue weighted by atomic mass is 10.1. The van der Waals surface area contributed by atoms with E-state index in [9.17, 15) is 14.0 Å². The molecule has 0 amide bonds. The van der Waals surface area contributed by atoms with E-state index in [4.69, 9.17) is 10.5 Å². The van der Waals surface area contributed by atoms with Crippen molar-refractivity contribution in [3.8, 4) is 5.75 Å². The van der Waals surface area contributed by atoms with E-state index in [1.54, 1.807) is 6.92 Å². The average Bonchev–Trinajstić information content (AvgIpc) is 2.32. The number of carbonyl (C=O) groups excluding carboxylic acids is 2. The molecule has 1 aromatic rings. The van der Waals surface area contributed by atoms with Crippen molar-refractivity contribution < 1.29 is 23.5 Å². The fraction of sp³-hybridized carbons (Fsp3) is 0.333. The first-order valence-corrected chi connectivity index (χ1v) is 5.31. The molecule has 0 heterocycles. The molecule has 0 aromatic heterocycles. The first-order valence-electron chi connectivity index (χ1n) is 5.31. The molecule has 1 aromatic carbocycles. The Bertz CT molecular complexity index is 473. The number of carbonyl (C=O) groups is 2. The number of Topliss-reactive ketones (excluding diaryl/α,β-unsaturated/α-hetero) is 1. The number of halogens is 1. The maximum atomic E-state index is 13.3. The zero-order valence-corrected chi connectivity index (χ0v) is 10.2. The molecule has 0 spiro atoms. The maximum absolute atomic E-state index is 13.3. The summed E-state index contributed by atoms with van der Waals surface area (Å²) in [5.74, 6) is -1.85. The Hall–Kier alpha value is -2.11. The molecule has 18 heavy (non-hydrogen) atoms. The van der Waals surface area contributed by atoms with E-state index < -0.39 is 24.0 Å². The number of ether oxygens (including phenoxy) is 2. The zero-order valence-electron chi connectivity index (χ0n) is 10.2. The molecule has 0 aliphatic heterocycles. The molecule has 0 unspecified atom stereocenters. The lowest BCUT2D eigenvalue weighted by molar-refractivity contribution is -0.141. The summed E-state index contributed by atoms with van der Waals surface area (Å²) in [5.41, 5.74) is 5.20. The smallest absolute Gasteiger partial charge is 0.313 e. The monoisotopic (exact) mass is 255 g/mol. The van der Waals surface area contributed by atoms with E-state index in [1.807, 2.05) is 0 Å². The van der Waals surface area contributed by atoms with Crippen LogP contribution in [0.15, 0.2) is 12.1 Å². The molecule has 0 radical (unpaired) electrons. The Balaban J connectivity index is 2.98. The second kappa shape index (κ2) is 6.00. The predicted octanol–water partition coefficient (Wildman–Crippen LogP) is 1.55. The molecule has 6 heteroatoms. The van der Waals surface area contributed by atoms with Crippen molar-refractivity contribution in [2.45, 2.75) is 13.3 Å². The number of hydrogen-bond donors (Lipinski definition) is 1. The van der Waals surface area contributed by atoms with Crippen LogP contribution in [-0.4, -0.2) is 25.5 Å². The van der Waals surface area contributed by atoms with Gasteiger partial charge >= 0.3 is 5.97 Å². The second-order valence-electron chi connectivity index (χ2n) is 3.48. The Morgan fingerprint density at radius 2 is 2.06 bits per heavy atom. The number of methoxy groups -OCH3 is 1. The van der Waals surface area contributed by atoms with Crippen molar-refractivity contribution >= 4 is 17.4 Å². The topological polar surface area (TPSA) is 78.6 Å². The molecule has 2 N–H and O–H groups in total. The van der Waals surface area contributed by atoms with Crippen molar-refractivity contribution in [3.63, 3.8) is 0 Å². The Morgan fingerprint density at radius 1 is 1.39 bits per heavy atom. The van der Waals surface area contributed by atoms with Crippen LogP contribution in [0.4, 0.5) is 10.1 Å². The van der Waals surface area contributed by atoms with Crippen LogP contribution in [0.1, 0.15) is 23.7 Å². The van der Waals surface area contributed by atoms with Crippen LogP contribution < -0.4 is 10.5 Å². The molecule has 0 fully saturated rings. The van der Waals surface area contributed by atoms with Gasteiger partial charge in [0, 0.05) is 6.07 Å². The van der Waals surface area contributed by atoms with Gasteiger partial charge in [0.25, 0.3) is 0 Å². The number of benzene rings is 1. The molecule has 0 aliphatic rings. The summed E-state index contributed by atoms with van der Waals surface area (Å²) >= 11 is 0. The normalized spacial score (nSPS) is 9.94. The molecule has 0 aliphatic carbocycles. The highest BCUT2D eigenvalue weighted by Gasteiger charge is 2.19. The molecule has 5 nitrogen and oxygen atoms in total. The number of anilines is 1. The summed E-state index contributed by atoms with van der Waals surface area (Å²) in [4.78, 5) is 23.0. The first kappa shape index (κ1) is 14.0. The van der Waals surface area contributed by atoms with Crippen LogP contribution in [0, 0.1) is 5.82 Å². The third-order valence-electron chi connectivity index (χ3n) is 2.23. The van der Waals surface area contributed by atoms with E-state index in [0.29, 0.717) is 0 Å². The van der Waals surface area contributed by atoms with Gasteiger partial charge < -0.3 is 15.2 Å². The fourth-order valence-electron chi connectivity index (χ4n) is 1.39. The highest BCUT2D eigenvalue weighted by atomic mass is 19.1. The van der Waals surface area contributed by atoms with E-state index in [2.05, 4.69) is 4.74 Å². The largest absolute Gasteiger partial charge is 0.496 e. The fourth-order valence-corrected chi connectivity index (χ4v) is 1.39. The molecule has 0 bridgehead atoms. The Morgan fingerprint density at radius 3 is 2.61 bits per heavy atom. The van der Waals surface area contributed by atoms with Gasteiger partial charge in [-0.15, -0.1) is 0 Å². The number of ketones is 1. The Kier molecular flexibility index (Phi) is 4.65. The van der Waals surface area contributed by atoms with E-state index in [1.165, 1.54) is 13.2 Å². The van der Waals surface area contributed by atoms with Crippen molar-refractivity contribution in [3.05, 3.63) is 23.5 Å². The standard InChI is InChI=1S/C12H14FNO4/c1-3-18-12(16)6-10(15)7-4-8(13)9(14)5-11(7)17-2/h4-5H,3,6,14H2,1-2H3. The van der Waals surface area contributed by atoms with Gasteiger partial charge in [-0.2, -0.15) is 0 Å². The average molecular weight is 255 g/mol. The summed E-state index contributed by atoms with van der Waals surface area (Å²) in [7, 11) is 1.33. The van der Waals surface area contributed by atoms with Gasteiger partial charge in [0.05, 0.1) is 25.0 Å². The lowest BCUT2D eigenvalue weighted by Gasteiger charge is -2.09. The van der Waals surface area contributed by atoms with Gasteiger partial charge in [-0.3, -0.25) is 9.59 Å². The van der Waals surface area contributed by atoms with Gasteiger partial charge in [-0.05, 0) is 13.0 Å². The van der Waals surface area contributed by atoms with Crippen LogP contribution in [0.25, 0.3) is 0 Å². The van der Waals surface area contributed by atoms with Gasteiger partial charge in [0.1, 0.15) is 18.0 Å². The van der Waals surface area contributed by atoms with E-state index in [0.717, 1.165) is 6.07 Å². The van der Waals surface area contributed by atoms with Crippen LogP contribution in [0.3, 0.4) is 0 Å². The molecule has 0 saturated carbocycles. The van der Waals surface area contributed by atoms with Crippen molar-refractivity contribution in [1.82, 2.24) is 0 Å². The molecular weight excluding hydrogens is 241 g/mol. The summed E-state index contributed by atoms with van der Waals surface area (Å²) in [6, 6.07) is 2.16. The summed E-state index contributed by atoms with van der Waals surface area (Å²) in [6.45, 7) is 1.81. The number of esters is 1. The number of rotatable bonds is 5. The van der Waals surface area contributed by atoms with Crippen LogP contribution in [0.2, 0.25) is 0 Å². The highest BCUT2D eigenvalue weighted by Crippen LogP contribution is 2.25.